The highest BCUT2D eigenvalue weighted by Crippen LogP contribution is 2.41. The van der Waals surface area contributed by atoms with E-state index < -0.39 is 0 Å². The van der Waals surface area contributed by atoms with Crippen molar-refractivity contribution in [1.29, 1.82) is 0 Å². The van der Waals surface area contributed by atoms with Gasteiger partial charge in [0, 0.05) is 39.1 Å². The molecule has 0 bridgehead atoms. The zero-order chi connectivity index (χ0) is 23.3. The summed E-state index contributed by atoms with van der Waals surface area (Å²) in [6, 6.07) is 45.9. The summed E-state index contributed by atoms with van der Waals surface area (Å²) in [4.78, 5) is 4.48. The van der Waals surface area contributed by atoms with E-state index in [-0.39, 0.29) is 0 Å². The molecule has 0 saturated carbocycles. The number of anilines is 6. The fourth-order valence-electron chi connectivity index (χ4n) is 4.21. The quantitative estimate of drug-likeness (QED) is 0.249. The van der Waals surface area contributed by atoms with Crippen LogP contribution in [-0.4, -0.2) is 0 Å². The molecule has 2 nitrogen and oxygen atoms in total. The second-order valence-corrected chi connectivity index (χ2v) is 8.62. The molecule has 0 aliphatic heterocycles. The van der Waals surface area contributed by atoms with Crippen LogP contribution in [0.15, 0.2) is 133 Å². The maximum absolute atomic E-state index is 6.77. The monoisotopic (exact) mass is 460 g/mol. The van der Waals surface area contributed by atoms with E-state index in [1.165, 1.54) is 5.56 Å². The van der Waals surface area contributed by atoms with Gasteiger partial charge in [-0.05, 0) is 79.2 Å². The zero-order valence-corrected chi connectivity index (χ0v) is 19.7. The number of para-hydroxylation sites is 3. The number of rotatable bonds is 6. The van der Waals surface area contributed by atoms with Gasteiger partial charge in [0.05, 0.1) is 0 Å². The second-order valence-electron chi connectivity index (χ2n) is 8.18. The molecule has 0 radical (unpaired) electrons. The maximum atomic E-state index is 6.77. The summed E-state index contributed by atoms with van der Waals surface area (Å²) in [5.41, 5.74) is 7.51. The summed E-state index contributed by atoms with van der Waals surface area (Å²) in [5, 5.41) is 0.679. The number of hydrogen-bond donors (Lipinski definition) is 0. The van der Waals surface area contributed by atoms with Crippen LogP contribution in [0.5, 0.6) is 0 Å². The summed E-state index contributed by atoms with van der Waals surface area (Å²) >= 11 is 6.77. The third-order valence-electron chi connectivity index (χ3n) is 5.69. The van der Waals surface area contributed by atoms with Crippen LogP contribution in [0.25, 0.3) is 0 Å². The van der Waals surface area contributed by atoms with Gasteiger partial charge in [0.15, 0.2) is 0 Å². The Hall–Kier alpha value is -4.01. The lowest BCUT2D eigenvalue weighted by Gasteiger charge is -2.29. The van der Waals surface area contributed by atoms with Gasteiger partial charge in [-0.2, -0.15) is 0 Å². The second kappa shape index (κ2) is 9.86. The standard InChI is InChI=1S/C31H25ClN2/c1-24-12-11-19-29(20-24)34(28-17-9-4-10-18-28)31-22-25(32)21-30(23-31)33(26-13-5-2-6-14-26)27-15-7-3-8-16-27/h2-23H,1H3. The van der Waals surface area contributed by atoms with Gasteiger partial charge in [-0.15, -0.1) is 0 Å². The van der Waals surface area contributed by atoms with E-state index in [2.05, 4.69) is 120 Å². The molecule has 166 valence electrons. The first-order chi connectivity index (χ1) is 16.7. The molecule has 3 heteroatoms. The van der Waals surface area contributed by atoms with Crippen LogP contribution < -0.4 is 9.80 Å². The molecule has 0 heterocycles. The largest absolute Gasteiger partial charge is 0.310 e. The minimum atomic E-state index is 0.679. The molecule has 0 aliphatic carbocycles. The molecule has 0 atom stereocenters. The van der Waals surface area contributed by atoms with Gasteiger partial charge in [-0.1, -0.05) is 78.3 Å². The topological polar surface area (TPSA) is 6.48 Å². The zero-order valence-electron chi connectivity index (χ0n) is 19.0. The molecule has 0 unspecified atom stereocenters. The smallest absolute Gasteiger partial charge is 0.0497 e. The summed E-state index contributed by atoms with van der Waals surface area (Å²) in [6.07, 6.45) is 0. The van der Waals surface area contributed by atoms with Gasteiger partial charge in [0.1, 0.15) is 0 Å². The van der Waals surface area contributed by atoms with Crippen molar-refractivity contribution >= 4 is 45.7 Å². The van der Waals surface area contributed by atoms with E-state index in [1.54, 1.807) is 0 Å². The van der Waals surface area contributed by atoms with Crippen LogP contribution in [-0.2, 0) is 0 Å². The molecule has 0 saturated heterocycles. The summed E-state index contributed by atoms with van der Waals surface area (Å²) in [5.74, 6) is 0. The van der Waals surface area contributed by atoms with E-state index in [0.717, 1.165) is 34.1 Å². The summed E-state index contributed by atoms with van der Waals surface area (Å²) in [7, 11) is 0. The van der Waals surface area contributed by atoms with Crippen LogP contribution in [0.2, 0.25) is 5.02 Å². The predicted molar refractivity (Wildman–Crippen MR) is 146 cm³/mol. The SMILES string of the molecule is Cc1cccc(N(c2ccccc2)c2cc(Cl)cc(N(c3ccccc3)c3ccccc3)c2)c1. The van der Waals surface area contributed by atoms with Crippen LogP contribution in [0.4, 0.5) is 34.1 Å². The van der Waals surface area contributed by atoms with E-state index in [9.17, 15) is 0 Å². The highest BCUT2D eigenvalue weighted by molar-refractivity contribution is 6.31. The summed E-state index contributed by atoms with van der Waals surface area (Å²) in [6.45, 7) is 2.11. The molecular formula is C31H25ClN2. The van der Waals surface area contributed by atoms with Crippen molar-refractivity contribution in [2.75, 3.05) is 9.80 Å². The van der Waals surface area contributed by atoms with Crippen LogP contribution >= 0.6 is 11.6 Å². The van der Waals surface area contributed by atoms with Crippen LogP contribution in [0, 0.1) is 6.92 Å². The molecule has 5 aromatic carbocycles. The number of halogens is 1. The Kier molecular flexibility index (Phi) is 6.33. The summed E-state index contributed by atoms with van der Waals surface area (Å²) < 4.78 is 0. The molecule has 0 amide bonds. The lowest BCUT2D eigenvalue weighted by Crippen LogP contribution is -2.13. The van der Waals surface area contributed by atoms with Crippen molar-refractivity contribution in [3.8, 4) is 0 Å². The molecule has 0 spiro atoms. The lowest BCUT2D eigenvalue weighted by atomic mass is 10.1. The molecule has 0 fully saturated rings. The van der Waals surface area contributed by atoms with Crippen molar-refractivity contribution in [1.82, 2.24) is 0 Å². The number of hydrogen-bond acceptors (Lipinski definition) is 2. The Balaban J connectivity index is 1.70. The third-order valence-corrected chi connectivity index (χ3v) is 5.90. The molecule has 5 aromatic rings. The predicted octanol–water partition coefficient (Wildman–Crippen LogP) is 9.59. The van der Waals surface area contributed by atoms with Crippen molar-refractivity contribution < 1.29 is 0 Å². The lowest BCUT2D eigenvalue weighted by molar-refractivity contribution is 1.24. The van der Waals surface area contributed by atoms with E-state index in [0.29, 0.717) is 5.02 Å². The highest BCUT2D eigenvalue weighted by atomic mass is 35.5. The first-order valence-electron chi connectivity index (χ1n) is 11.3. The number of benzene rings is 5. The minimum Gasteiger partial charge on any atom is -0.310 e. The van der Waals surface area contributed by atoms with E-state index in [1.807, 2.05) is 30.3 Å². The van der Waals surface area contributed by atoms with Crippen molar-refractivity contribution in [2.24, 2.45) is 0 Å². The third kappa shape index (κ3) is 4.68. The molecule has 0 N–H and O–H groups in total. The van der Waals surface area contributed by atoms with E-state index >= 15 is 0 Å². The van der Waals surface area contributed by atoms with Crippen LogP contribution in [0.3, 0.4) is 0 Å². The van der Waals surface area contributed by atoms with Gasteiger partial charge in [-0.25, -0.2) is 0 Å². The van der Waals surface area contributed by atoms with Crippen molar-refractivity contribution in [2.45, 2.75) is 6.92 Å². The average molecular weight is 461 g/mol. The van der Waals surface area contributed by atoms with Crippen LogP contribution in [0.1, 0.15) is 5.56 Å². The fourth-order valence-corrected chi connectivity index (χ4v) is 4.43. The molecule has 0 aromatic heterocycles. The fraction of sp³-hybridized carbons (Fsp3) is 0.0323. The normalized spacial score (nSPS) is 10.6. The van der Waals surface area contributed by atoms with Gasteiger partial charge in [0.25, 0.3) is 0 Å². The Morgan fingerprint density at radius 1 is 0.412 bits per heavy atom. The molecule has 5 rings (SSSR count). The number of aryl methyl sites for hydroxylation is 1. The molecular weight excluding hydrogens is 436 g/mol. The Bertz CT molecular complexity index is 1330. The molecule has 0 aliphatic rings. The van der Waals surface area contributed by atoms with Crippen molar-refractivity contribution in [3.63, 3.8) is 0 Å². The Labute approximate surface area is 206 Å². The Morgan fingerprint density at radius 3 is 1.26 bits per heavy atom. The Morgan fingerprint density at radius 2 is 0.824 bits per heavy atom. The van der Waals surface area contributed by atoms with Gasteiger partial charge < -0.3 is 9.80 Å². The first-order valence-corrected chi connectivity index (χ1v) is 11.7. The van der Waals surface area contributed by atoms with Gasteiger partial charge in [0.2, 0.25) is 0 Å². The minimum absolute atomic E-state index is 0.679. The average Bonchev–Trinajstić information content (AvgIpc) is 2.86. The van der Waals surface area contributed by atoms with Gasteiger partial charge in [-0.3, -0.25) is 0 Å². The van der Waals surface area contributed by atoms with Crippen molar-refractivity contribution in [3.05, 3.63) is 144 Å². The molecule has 34 heavy (non-hydrogen) atoms. The van der Waals surface area contributed by atoms with Gasteiger partial charge >= 0.3 is 0 Å². The van der Waals surface area contributed by atoms with E-state index in [4.69, 9.17) is 11.6 Å². The maximum Gasteiger partial charge on any atom is 0.0497 e. The first kappa shape index (κ1) is 21.8. The highest BCUT2D eigenvalue weighted by Gasteiger charge is 2.18. The number of nitrogens with zero attached hydrogens (tertiary/aromatic N) is 2.